The number of benzene rings is 6. The minimum absolute atomic E-state index is 0.0227. The number of carbonyl (C=O) groups is 6. The maximum atomic E-state index is 13.2. The number of hydrogen-bond donors (Lipinski definition) is 6. The molecule has 21 heteroatoms. The molecule has 9 N–H and O–H groups in total. The molecule has 2 atom stereocenters. The number of aliphatic hydroxyl groups is 3. The summed E-state index contributed by atoms with van der Waals surface area (Å²) in [5, 5.41) is 28.6. The Morgan fingerprint density at radius 1 is 0.400 bits per heavy atom. The van der Waals surface area contributed by atoms with Crippen LogP contribution < -0.4 is 17.2 Å². The zero-order valence-electron chi connectivity index (χ0n) is 61.4. The van der Waals surface area contributed by atoms with Crippen molar-refractivity contribution in [3.63, 3.8) is 0 Å². The molecule has 105 heavy (non-hydrogen) atoms. The molecule has 552 valence electrons. The van der Waals surface area contributed by atoms with Crippen molar-refractivity contribution in [2.45, 2.75) is 130 Å². The number of aliphatic hydroxyl groups excluding tert-OH is 3. The van der Waals surface area contributed by atoms with Gasteiger partial charge < -0.3 is 61.9 Å². The van der Waals surface area contributed by atoms with Crippen molar-refractivity contribution in [2.24, 2.45) is 32.2 Å². The third kappa shape index (κ3) is 19.9. The summed E-state index contributed by atoms with van der Waals surface area (Å²) >= 11 is 0. The molecule has 0 bridgehead atoms. The van der Waals surface area contributed by atoms with Gasteiger partial charge in [0.2, 0.25) is 17.7 Å². The maximum absolute atomic E-state index is 13.2. The molecule has 3 fully saturated rings. The van der Waals surface area contributed by atoms with Gasteiger partial charge in [-0.2, -0.15) is 0 Å². The first-order valence-electron chi connectivity index (χ1n) is 37.4. The lowest BCUT2D eigenvalue weighted by atomic mass is 9.99. The zero-order chi connectivity index (χ0) is 74.7. The molecule has 21 nitrogen and oxygen atoms in total. The van der Waals surface area contributed by atoms with Crippen molar-refractivity contribution in [2.75, 3.05) is 85.1 Å². The van der Waals surface area contributed by atoms with Crippen molar-refractivity contribution >= 4 is 88.2 Å². The Labute approximate surface area is 617 Å². The Bertz CT molecular complexity index is 4110. The number of amidine groups is 3. The lowest BCUT2D eigenvalue weighted by Crippen LogP contribution is -2.35. The Hall–Kier alpha value is -10.4. The SMILES string of the molecule is CCCN(CCC)C(=O)C1=Cc2ccc(-c3ccc(C(=O)N4CC[C@@H](O)C4)cc3)cc2N=C(N)C1.CCCN(CCC)C(=O)C1=Cc2ccc(-c3ccc(C(=O)N4CC[C@H](O)C4)cc3)cc2N=C(N)C1.CCCN(CCCO)C(=O)C1=Cc2ccc(-c3ccc(C(=O)N4CCCC4)cc3)cc2N=C(N)C1. The molecule has 0 aromatic heterocycles. The smallest absolute Gasteiger partial charge is 0.253 e. The van der Waals surface area contributed by atoms with Crippen LogP contribution in [0.5, 0.6) is 0 Å². The fourth-order valence-corrected chi connectivity index (χ4v) is 14.0. The molecule has 3 saturated heterocycles. The summed E-state index contributed by atoms with van der Waals surface area (Å²) in [4.78, 5) is 102. The zero-order valence-corrected chi connectivity index (χ0v) is 61.4. The number of hydrogen-bond acceptors (Lipinski definition) is 15. The van der Waals surface area contributed by atoms with Gasteiger partial charge in [0.1, 0.15) is 17.5 Å². The fraction of sp³-hybridized carbons (Fsp3) is 0.393. The molecule has 0 aliphatic carbocycles. The Balaban J connectivity index is 0.000000169. The lowest BCUT2D eigenvalue weighted by Gasteiger charge is -2.23. The second-order valence-corrected chi connectivity index (χ2v) is 27.7. The van der Waals surface area contributed by atoms with Gasteiger partial charge in [0, 0.05) is 155 Å². The number of carbonyl (C=O) groups excluding carboxylic acids is 6. The number of likely N-dealkylation sites (tertiary alicyclic amines) is 3. The van der Waals surface area contributed by atoms with Gasteiger partial charge >= 0.3 is 0 Å². The number of nitrogens with zero attached hydrogens (tertiary/aromatic N) is 9. The van der Waals surface area contributed by atoms with E-state index in [2.05, 4.69) is 42.7 Å². The predicted molar refractivity (Wildman–Crippen MR) is 418 cm³/mol. The van der Waals surface area contributed by atoms with Crippen LogP contribution in [0.1, 0.15) is 166 Å². The monoisotopic (exact) mass is 1420 g/mol. The number of rotatable bonds is 22. The first-order valence-corrected chi connectivity index (χ1v) is 37.4. The summed E-state index contributed by atoms with van der Waals surface area (Å²) in [5.74, 6) is 1.18. The van der Waals surface area contributed by atoms with Crippen molar-refractivity contribution in [1.82, 2.24) is 29.4 Å². The van der Waals surface area contributed by atoms with E-state index < -0.39 is 12.2 Å². The number of fused-ring (bicyclic) bond motifs is 3. The number of nitrogens with two attached hydrogens (primary N) is 3. The molecule has 6 aromatic rings. The van der Waals surface area contributed by atoms with E-state index >= 15 is 0 Å². The number of aliphatic imine (C=N–C) groups is 3. The van der Waals surface area contributed by atoms with E-state index in [9.17, 15) is 44.1 Å². The minimum Gasteiger partial charge on any atom is -0.396 e. The molecule has 12 rings (SSSR count). The summed E-state index contributed by atoms with van der Waals surface area (Å²) in [5.41, 5.74) is 33.0. The van der Waals surface area contributed by atoms with Crippen LogP contribution in [-0.2, 0) is 14.4 Å². The molecular weight excluding hydrogens is 1320 g/mol. The standard InChI is InChI=1S/3C28H34N4O3/c2*1-3-12-31(13-4-2)28(35)23-15-22-10-9-21(16-25(22)30-26(29)17-23)19-5-7-20(8-6-19)27(34)32-14-11-24(33)18-32;1-2-12-31(15-5-16-33)28(35)24-17-23-11-10-22(18-25(23)30-26(29)19-24)20-6-8-21(9-7-20)27(34)32-13-3-4-14-32/h2*5-10,15-16,24,33H,3-4,11-14,17-18H2,1-2H3,(H2,29,30);6-11,17-18,33H,2-5,12-16,19H2,1H3,(H2,29,30)/t2*24-;/m10./s1. The molecule has 0 saturated carbocycles. The lowest BCUT2D eigenvalue weighted by molar-refractivity contribution is -0.128. The number of β-amino-alcohol motifs (C(OH)–C–C–N with tert-alkyl or cyclic N) is 2. The summed E-state index contributed by atoms with van der Waals surface area (Å²) in [7, 11) is 0. The van der Waals surface area contributed by atoms with Gasteiger partial charge in [-0.05, 0) is 170 Å². The van der Waals surface area contributed by atoms with Crippen LogP contribution >= 0.6 is 0 Å². The van der Waals surface area contributed by atoms with Gasteiger partial charge in [0.25, 0.3) is 17.7 Å². The van der Waals surface area contributed by atoms with E-state index in [0.717, 1.165) is 151 Å². The highest BCUT2D eigenvalue weighted by Gasteiger charge is 2.29. The van der Waals surface area contributed by atoms with Crippen molar-refractivity contribution in [1.29, 1.82) is 0 Å². The van der Waals surface area contributed by atoms with Crippen LogP contribution in [0.4, 0.5) is 17.1 Å². The third-order valence-electron chi connectivity index (χ3n) is 19.4. The maximum Gasteiger partial charge on any atom is 0.253 e. The van der Waals surface area contributed by atoms with Crippen LogP contribution in [0.2, 0.25) is 0 Å². The first kappa shape index (κ1) is 77.3. The molecule has 0 spiro atoms. The quantitative estimate of drug-likeness (QED) is 0.0370. The molecular formula is C84H102N12O9. The van der Waals surface area contributed by atoms with E-state index in [4.69, 9.17) is 17.2 Å². The third-order valence-corrected chi connectivity index (χ3v) is 19.4. The van der Waals surface area contributed by atoms with Crippen molar-refractivity contribution < 1.29 is 44.1 Å². The van der Waals surface area contributed by atoms with Crippen molar-refractivity contribution in [3.8, 4) is 33.4 Å². The molecule has 0 unspecified atom stereocenters. The van der Waals surface area contributed by atoms with E-state index in [-0.39, 0.29) is 48.5 Å². The molecule has 6 aliphatic heterocycles. The van der Waals surface area contributed by atoms with Crippen LogP contribution in [0.25, 0.3) is 51.6 Å². The van der Waals surface area contributed by atoms with Gasteiger partial charge in [-0.25, -0.2) is 15.0 Å². The summed E-state index contributed by atoms with van der Waals surface area (Å²) in [6.07, 6.45) is 14.2. The first-order chi connectivity index (χ1) is 50.8. The van der Waals surface area contributed by atoms with E-state index in [1.54, 1.807) is 14.7 Å². The van der Waals surface area contributed by atoms with Crippen LogP contribution in [0.15, 0.2) is 159 Å². The van der Waals surface area contributed by atoms with Gasteiger partial charge in [0.05, 0.1) is 29.3 Å². The number of amides is 6. The highest BCUT2D eigenvalue weighted by Crippen LogP contribution is 2.37. The van der Waals surface area contributed by atoms with Gasteiger partial charge in [-0.1, -0.05) is 107 Å². The summed E-state index contributed by atoms with van der Waals surface area (Å²) in [6.45, 7) is 18.0. The van der Waals surface area contributed by atoms with Crippen LogP contribution in [0, 0.1) is 0 Å². The highest BCUT2D eigenvalue weighted by molar-refractivity contribution is 6.08. The Morgan fingerprint density at radius 3 is 0.962 bits per heavy atom. The van der Waals surface area contributed by atoms with Gasteiger partial charge in [-0.15, -0.1) is 0 Å². The largest absolute Gasteiger partial charge is 0.396 e. The van der Waals surface area contributed by atoms with Gasteiger partial charge in [-0.3, -0.25) is 28.8 Å². The van der Waals surface area contributed by atoms with Crippen LogP contribution in [-0.4, -0.2) is 195 Å². The fourth-order valence-electron chi connectivity index (χ4n) is 14.0. The molecule has 6 aliphatic rings. The molecule has 6 heterocycles. The average Bonchev–Trinajstić information content (AvgIpc) is 1.80. The second kappa shape index (κ2) is 36.9. The summed E-state index contributed by atoms with van der Waals surface area (Å²) in [6, 6.07) is 40.4. The topological polar surface area (TPSA) is 298 Å². The normalized spacial score (nSPS) is 16.6. The molecule has 6 amide bonds. The average molecular weight is 1420 g/mol. The second-order valence-electron chi connectivity index (χ2n) is 27.7. The molecule has 6 aromatic carbocycles. The predicted octanol–water partition coefficient (Wildman–Crippen LogP) is 12.0. The highest BCUT2D eigenvalue weighted by atomic mass is 16.3. The van der Waals surface area contributed by atoms with Crippen molar-refractivity contribution in [3.05, 3.63) is 177 Å². The molecule has 0 radical (unpaired) electrons. The van der Waals surface area contributed by atoms with Gasteiger partial charge in [0.15, 0.2) is 0 Å². The Kier molecular flexibility index (Phi) is 27.1. The van der Waals surface area contributed by atoms with E-state index in [1.807, 2.05) is 167 Å². The minimum atomic E-state index is -0.433. The van der Waals surface area contributed by atoms with E-state index in [1.165, 1.54) is 0 Å². The summed E-state index contributed by atoms with van der Waals surface area (Å²) < 4.78 is 0. The Morgan fingerprint density at radius 2 is 0.686 bits per heavy atom. The van der Waals surface area contributed by atoms with E-state index in [0.29, 0.717) is 122 Å². The van der Waals surface area contributed by atoms with Crippen LogP contribution in [0.3, 0.4) is 0 Å².